The van der Waals surface area contributed by atoms with E-state index in [2.05, 4.69) is 10.6 Å². The minimum Gasteiger partial charge on any atom is -0.497 e. The Morgan fingerprint density at radius 3 is 2.16 bits per heavy atom. The number of nitrogens with one attached hydrogen (secondary N) is 2. The summed E-state index contributed by atoms with van der Waals surface area (Å²) < 4.78 is 29.8. The number of benzene rings is 3. The molecule has 0 bridgehead atoms. The zero-order valence-corrected chi connectivity index (χ0v) is 17.7. The van der Waals surface area contributed by atoms with Crippen molar-refractivity contribution in [1.82, 2.24) is 0 Å². The largest absolute Gasteiger partial charge is 0.497 e. The van der Waals surface area contributed by atoms with Gasteiger partial charge in [-0.3, -0.25) is 9.59 Å². The van der Waals surface area contributed by atoms with Crippen molar-refractivity contribution in [1.29, 1.82) is 0 Å². The molecule has 0 aliphatic heterocycles. The van der Waals surface area contributed by atoms with E-state index in [9.17, 15) is 18.0 Å². The van der Waals surface area contributed by atoms with E-state index in [1.165, 1.54) is 12.1 Å². The lowest BCUT2D eigenvalue weighted by Crippen LogP contribution is -2.20. The topological polar surface area (TPSA) is 102 Å². The van der Waals surface area contributed by atoms with Gasteiger partial charge in [-0.05, 0) is 48.5 Å². The molecular weight excluding hydrogens is 416 g/mol. The van der Waals surface area contributed by atoms with Crippen LogP contribution in [0.4, 0.5) is 11.4 Å². The highest BCUT2D eigenvalue weighted by molar-refractivity contribution is 7.91. The fourth-order valence-corrected chi connectivity index (χ4v) is 4.11. The molecule has 3 rings (SSSR count). The standard InChI is InChI=1S/C23H22N2O5S/c1-30-18-13-11-17(12-14-18)24-23(27)20-9-5-6-10-21(20)25-22(26)15-16-31(28,29)19-7-3-2-4-8-19/h2-14H,15-16H2,1H3,(H,24,27)(H,25,26). The van der Waals surface area contributed by atoms with Crippen molar-refractivity contribution in [2.24, 2.45) is 0 Å². The maximum Gasteiger partial charge on any atom is 0.257 e. The quantitative estimate of drug-likeness (QED) is 0.558. The van der Waals surface area contributed by atoms with Crippen LogP contribution in [0.2, 0.25) is 0 Å². The molecule has 2 amide bonds. The average molecular weight is 439 g/mol. The Kier molecular flexibility index (Phi) is 7.04. The molecule has 0 unspecified atom stereocenters. The van der Waals surface area contributed by atoms with Gasteiger partial charge in [0.25, 0.3) is 5.91 Å². The van der Waals surface area contributed by atoms with Gasteiger partial charge in [-0.15, -0.1) is 0 Å². The second-order valence-corrected chi connectivity index (χ2v) is 8.77. The average Bonchev–Trinajstić information content (AvgIpc) is 2.79. The van der Waals surface area contributed by atoms with Crippen LogP contribution >= 0.6 is 0 Å². The third kappa shape index (κ3) is 5.93. The molecule has 31 heavy (non-hydrogen) atoms. The summed E-state index contributed by atoms with van der Waals surface area (Å²) >= 11 is 0. The maximum atomic E-state index is 12.7. The fourth-order valence-electron chi connectivity index (χ4n) is 2.85. The van der Waals surface area contributed by atoms with Crippen LogP contribution in [0, 0.1) is 0 Å². The molecule has 0 saturated carbocycles. The first-order chi connectivity index (χ1) is 14.9. The van der Waals surface area contributed by atoms with Gasteiger partial charge >= 0.3 is 0 Å². The van der Waals surface area contributed by atoms with E-state index in [1.807, 2.05) is 0 Å². The van der Waals surface area contributed by atoms with Crippen LogP contribution in [0.15, 0.2) is 83.8 Å². The number of ether oxygens (including phenoxy) is 1. The van der Waals surface area contributed by atoms with Gasteiger partial charge in [-0.25, -0.2) is 8.42 Å². The lowest BCUT2D eigenvalue weighted by atomic mass is 10.1. The summed E-state index contributed by atoms with van der Waals surface area (Å²) in [6.07, 6.45) is -0.230. The predicted molar refractivity (Wildman–Crippen MR) is 119 cm³/mol. The first-order valence-corrected chi connectivity index (χ1v) is 11.2. The highest BCUT2D eigenvalue weighted by atomic mass is 32.2. The van der Waals surface area contributed by atoms with Crippen LogP contribution in [0.1, 0.15) is 16.8 Å². The number of rotatable bonds is 8. The summed E-state index contributed by atoms with van der Waals surface area (Å²) in [6.45, 7) is 0. The number of methoxy groups -OCH3 is 1. The number of anilines is 2. The second kappa shape index (κ2) is 9.90. The molecule has 0 aromatic heterocycles. The summed E-state index contributed by atoms with van der Waals surface area (Å²) in [4.78, 5) is 25.2. The van der Waals surface area contributed by atoms with E-state index in [1.54, 1.807) is 73.8 Å². The number of para-hydroxylation sites is 1. The number of hydrogen-bond acceptors (Lipinski definition) is 5. The van der Waals surface area contributed by atoms with E-state index < -0.39 is 21.7 Å². The molecule has 0 saturated heterocycles. The van der Waals surface area contributed by atoms with Gasteiger partial charge in [-0.2, -0.15) is 0 Å². The lowest BCUT2D eigenvalue weighted by molar-refractivity contribution is -0.115. The Morgan fingerprint density at radius 2 is 1.48 bits per heavy atom. The Morgan fingerprint density at radius 1 is 0.839 bits per heavy atom. The van der Waals surface area contributed by atoms with Crippen LogP contribution in [-0.4, -0.2) is 33.1 Å². The van der Waals surface area contributed by atoms with Crippen molar-refractivity contribution in [3.63, 3.8) is 0 Å². The van der Waals surface area contributed by atoms with Crippen LogP contribution in [0.5, 0.6) is 5.75 Å². The highest BCUT2D eigenvalue weighted by Gasteiger charge is 2.18. The number of sulfone groups is 1. The summed E-state index contributed by atoms with van der Waals surface area (Å²) in [5, 5.41) is 5.39. The van der Waals surface area contributed by atoms with Crippen LogP contribution in [0.3, 0.4) is 0 Å². The van der Waals surface area contributed by atoms with Crippen molar-refractivity contribution in [2.45, 2.75) is 11.3 Å². The smallest absolute Gasteiger partial charge is 0.257 e. The minimum atomic E-state index is -3.57. The predicted octanol–water partition coefficient (Wildman–Crippen LogP) is 3.75. The molecule has 2 N–H and O–H groups in total. The number of carbonyl (C=O) groups excluding carboxylic acids is 2. The monoisotopic (exact) mass is 438 g/mol. The van der Waals surface area contributed by atoms with Crippen molar-refractivity contribution < 1.29 is 22.7 Å². The molecule has 8 heteroatoms. The Hall–Kier alpha value is -3.65. The van der Waals surface area contributed by atoms with Crippen LogP contribution in [0.25, 0.3) is 0 Å². The van der Waals surface area contributed by atoms with Crippen LogP contribution in [-0.2, 0) is 14.6 Å². The van der Waals surface area contributed by atoms with Crippen molar-refractivity contribution >= 4 is 33.0 Å². The first kappa shape index (κ1) is 22.0. The Labute approximate surface area is 181 Å². The molecule has 0 fully saturated rings. The molecule has 0 aliphatic rings. The third-order valence-corrected chi connectivity index (χ3v) is 6.23. The molecule has 0 atom stereocenters. The third-order valence-electron chi connectivity index (χ3n) is 4.49. The minimum absolute atomic E-state index is 0.169. The van der Waals surface area contributed by atoms with Crippen LogP contribution < -0.4 is 15.4 Å². The van der Waals surface area contributed by atoms with Gasteiger partial charge in [0.1, 0.15) is 5.75 Å². The van der Waals surface area contributed by atoms with Gasteiger partial charge in [-0.1, -0.05) is 30.3 Å². The summed E-state index contributed by atoms with van der Waals surface area (Å²) in [6, 6.07) is 21.3. The van der Waals surface area contributed by atoms with E-state index in [4.69, 9.17) is 4.74 Å². The molecule has 3 aromatic rings. The van der Waals surface area contributed by atoms with E-state index in [0.717, 1.165) is 0 Å². The van der Waals surface area contributed by atoms with Gasteiger partial charge < -0.3 is 15.4 Å². The van der Waals surface area contributed by atoms with Crippen molar-refractivity contribution in [3.8, 4) is 5.75 Å². The molecule has 0 spiro atoms. The Balaban J connectivity index is 1.65. The molecule has 0 radical (unpaired) electrons. The SMILES string of the molecule is COc1ccc(NC(=O)c2ccccc2NC(=O)CCS(=O)(=O)c2ccccc2)cc1. The number of amides is 2. The van der Waals surface area contributed by atoms with E-state index >= 15 is 0 Å². The molecule has 3 aromatic carbocycles. The lowest BCUT2D eigenvalue weighted by Gasteiger charge is -2.12. The normalized spacial score (nSPS) is 10.9. The number of carbonyl (C=O) groups is 2. The first-order valence-electron chi connectivity index (χ1n) is 9.51. The van der Waals surface area contributed by atoms with Crippen molar-refractivity contribution in [2.75, 3.05) is 23.5 Å². The highest BCUT2D eigenvalue weighted by Crippen LogP contribution is 2.20. The second-order valence-electron chi connectivity index (χ2n) is 6.66. The summed E-state index contributed by atoms with van der Waals surface area (Å²) in [7, 11) is -2.02. The number of hydrogen-bond donors (Lipinski definition) is 2. The summed E-state index contributed by atoms with van der Waals surface area (Å²) in [5.74, 6) is -0.568. The fraction of sp³-hybridized carbons (Fsp3) is 0.130. The van der Waals surface area contributed by atoms with E-state index in [0.29, 0.717) is 17.1 Å². The zero-order valence-electron chi connectivity index (χ0n) is 16.9. The van der Waals surface area contributed by atoms with Gasteiger partial charge in [0, 0.05) is 12.1 Å². The van der Waals surface area contributed by atoms with Crippen molar-refractivity contribution in [3.05, 3.63) is 84.4 Å². The van der Waals surface area contributed by atoms with Gasteiger partial charge in [0.05, 0.1) is 29.0 Å². The molecule has 160 valence electrons. The molecule has 0 aliphatic carbocycles. The molecule has 0 heterocycles. The Bertz CT molecular complexity index is 1160. The molecule has 7 nitrogen and oxygen atoms in total. The zero-order chi connectivity index (χ0) is 22.3. The van der Waals surface area contributed by atoms with E-state index in [-0.39, 0.29) is 22.6 Å². The van der Waals surface area contributed by atoms with Gasteiger partial charge in [0.15, 0.2) is 9.84 Å². The van der Waals surface area contributed by atoms with Gasteiger partial charge in [0.2, 0.25) is 5.91 Å². The maximum absolute atomic E-state index is 12.7. The molecular formula is C23H22N2O5S. The summed E-state index contributed by atoms with van der Waals surface area (Å²) in [5.41, 5.74) is 1.13.